The second-order valence-electron chi connectivity index (χ2n) is 3.88. The maximum atomic E-state index is 11.4. The molecular weight excluding hydrogens is 258 g/mol. The average Bonchev–Trinajstić information content (AvgIpc) is 2.75. The Morgan fingerprint density at radius 3 is 2.76 bits per heavy atom. The first kappa shape index (κ1) is 12.1. The van der Waals surface area contributed by atoms with Crippen molar-refractivity contribution in [2.24, 2.45) is 7.05 Å². The van der Waals surface area contributed by atoms with Crippen LogP contribution in [0.3, 0.4) is 0 Å². The highest BCUT2D eigenvalue weighted by Gasteiger charge is 2.19. The Morgan fingerprint density at radius 2 is 2.24 bits per heavy atom. The van der Waals surface area contributed by atoms with Gasteiger partial charge in [0.2, 0.25) is 0 Å². The Morgan fingerprint density at radius 1 is 1.53 bits per heavy atom. The van der Waals surface area contributed by atoms with Crippen molar-refractivity contribution in [3.8, 4) is 10.4 Å². The third-order valence-electron chi connectivity index (χ3n) is 2.33. The highest BCUT2D eigenvalue weighted by atomic mass is 32.2. The molecule has 0 fully saturated rings. The van der Waals surface area contributed by atoms with Crippen molar-refractivity contribution in [2.75, 3.05) is 12.0 Å². The summed E-state index contributed by atoms with van der Waals surface area (Å²) in [7, 11) is -1.41. The Kier molecular flexibility index (Phi) is 2.96. The van der Waals surface area contributed by atoms with E-state index in [4.69, 9.17) is 5.73 Å². The fraction of sp³-hybridized carbons (Fsp3) is 0.300. The summed E-state index contributed by atoms with van der Waals surface area (Å²) in [5, 5.41) is 6.09. The lowest BCUT2D eigenvalue weighted by Crippen LogP contribution is -2.03. The van der Waals surface area contributed by atoms with Crippen LogP contribution >= 0.6 is 11.3 Å². The van der Waals surface area contributed by atoms with Crippen LogP contribution < -0.4 is 5.73 Å². The van der Waals surface area contributed by atoms with Crippen LogP contribution in [0.2, 0.25) is 0 Å². The summed E-state index contributed by atoms with van der Waals surface area (Å²) in [6.45, 7) is 0. The molecule has 0 saturated heterocycles. The quantitative estimate of drug-likeness (QED) is 0.912. The van der Waals surface area contributed by atoms with Crippen molar-refractivity contribution in [2.45, 2.75) is 5.75 Å². The lowest BCUT2D eigenvalue weighted by atomic mass is 10.2. The molecule has 92 valence electrons. The van der Waals surface area contributed by atoms with E-state index in [1.165, 1.54) is 22.3 Å². The first-order valence-corrected chi connectivity index (χ1v) is 7.85. The monoisotopic (exact) mass is 271 g/mol. The first-order chi connectivity index (χ1) is 7.88. The number of nitrogen functional groups attached to an aromatic ring is 1. The molecule has 0 aromatic carbocycles. The van der Waals surface area contributed by atoms with Crippen LogP contribution in [0, 0.1) is 0 Å². The van der Waals surface area contributed by atoms with Crippen LogP contribution in [0.25, 0.3) is 10.4 Å². The van der Waals surface area contributed by atoms with Gasteiger partial charge < -0.3 is 5.73 Å². The van der Waals surface area contributed by atoms with Gasteiger partial charge in [-0.25, -0.2) is 8.42 Å². The number of sulfone groups is 1. The predicted molar refractivity (Wildman–Crippen MR) is 69.5 cm³/mol. The Balaban J connectivity index is 2.57. The number of nitrogens with zero attached hydrogens (tertiary/aromatic N) is 2. The molecule has 2 heterocycles. The molecule has 0 unspecified atom stereocenters. The van der Waals surface area contributed by atoms with Crippen molar-refractivity contribution in [1.29, 1.82) is 0 Å². The number of aryl methyl sites for hydroxylation is 1. The molecule has 0 amide bonds. The van der Waals surface area contributed by atoms with Gasteiger partial charge in [-0.05, 0) is 11.4 Å². The summed E-state index contributed by atoms with van der Waals surface area (Å²) in [6.07, 6.45) is 1.19. The molecule has 2 aromatic rings. The largest absolute Gasteiger partial charge is 0.383 e. The molecule has 0 radical (unpaired) electrons. The summed E-state index contributed by atoms with van der Waals surface area (Å²) in [5.41, 5.74) is 7.16. The molecule has 2 N–H and O–H groups in total. The minimum atomic E-state index is -3.12. The van der Waals surface area contributed by atoms with Gasteiger partial charge in [-0.15, -0.1) is 11.3 Å². The van der Waals surface area contributed by atoms with Crippen LogP contribution in [-0.4, -0.2) is 24.5 Å². The second kappa shape index (κ2) is 4.15. The van der Waals surface area contributed by atoms with E-state index in [2.05, 4.69) is 5.10 Å². The van der Waals surface area contributed by atoms with Gasteiger partial charge in [-0.1, -0.05) is 6.07 Å². The smallest absolute Gasteiger partial charge is 0.153 e. The fourth-order valence-electron chi connectivity index (χ4n) is 1.63. The maximum absolute atomic E-state index is 11.4. The number of aromatic nitrogens is 2. The third kappa shape index (κ3) is 2.50. The number of nitrogens with two attached hydrogens (primary N) is 1. The van der Waals surface area contributed by atoms with Gasteiger partial charge in [0.15, 0.2) is 9.84 Å². The molecule has 0 aliphatic heterocycles. The van der Waals surface area contributed by atoms with Crippen LogP contribution in [0.15, 0.2) is 17.5 Å². The minimum absolute atomic E-state index is 0.0920. The highest BCUT2D eigenvalue weighted by Crippen LogP contribution is 2.33. The lowest BCUT2D eigenvalue weighted by molar-refractivity contribution is 0.600. The maximum Gasteiger partial charge on any atom is 0.153 e. The average molecular weight is 271 g/mol. The molecule has 2 aromatic heterocycles. The zero-order chi connectivity index (χ0) is 12.6. The van der Waals surface area contributed by atoms with E-state index in [1.807, 2.05) is 17.5 Å². The van der Waals surface area contributed by atoms with Crippen molar-refractivity contribution in [1.82, 2.24) is 9.78 Å². The summed E-state index contributed by atoms with van der Waals surface area (Å²) in [6, 6.07) is 3.81. The molecule has 0 atom stereocenters. The second-order valence-corrected chi connectivity index (χ2v) is 6.97. The van der Waals surface area contributed by atoms with Gasteiger partial charge >= 0.3 is 0 Å². The number of hydrogen-bond acceptors (Lipinski definition) is 5. The Hall–Kier alpha value is -1.34. The molecule has 0 aliphatic rings. The third-order valence-corrected chi connectivity index (χ3v) is 4.02. The highest BCUT2D eigenvalue weighted by molar-refractivity contribution is 7.89. The minimum Gasteiger partial charge on any atom is -0.383 e. The standard InChI is InChI=1S/C10H13N3O2S2/c1-13-10(11)9(8-4-3-5-16-8)7(12-13)6-17(2,14)15/h3-5H,6,11H2,1-2H3. The molecule has 0 aliphatic carbocycles. The lowest BCUT2D eigenvalue weighted by Gasteiger charge is -2.00. The number of thiophene rings is 1. The van der Waals surface area contributed by atoms with E-state index in [0.717, 1.165) is 10.4 Å². The van der Waals surface area contributed by atoms with E-state index in [-0.39, 0.29) is 5.75 Å². The number of hydrogen-bond donors (Lipinski definition) is 1. The van der Waals surface area contributed by atoms with Crippen molar-refractivity contribution >= 4 is 27.0 Å². The van der Waals surface area contributed by atoms with Gasteiger partial charge in [0.05, 0.1) is 17.0 Å². The zero-order valence-corrected chi connectivity index (χ0v) is 11.2. The van der Waals surface area contributed by atoms with Crippen LogP contribution in [0.4, 0.5) is 5.82 Å². The summed E-state index contributed by atoms with van der Waals surface area (Å²) in [5.74, 6) is 0.400. The molecule has 2 rings (SSSR count). The normalized spacial score (nSPS) is 11.9. The summed E-state index contributed by atoms with van der Waals surface area (Å²) < 4.78 is 24.2. The number of rotatable bonds is 3. The van der Waals surface area contributed by atoms with Crippen molar-refractivity contribution < 1.29 is 8.42 Å². The van der Waals surface area contributed by atoms with E-state index < -0.39 is 9.84 Å². The SMILES string of the molecule is Cn1nc(CS(C)(=O)=O)c(-c2cccs2)c1N. The Labute approximate surface area is 104 Å². The molecule has 0 saturated carbocycles. The van der Waals surface area contributed by atoms with E-state index in [9.17, 15) is 8.42 Å². The van der Waals surface area contributed by atoms with Gasteiger partial charge in [-0.3, -0.25) is 4.68 Å². The Bertz CT molecular complexity index is 627. The fourth-order valence-corrected chi connectivity index (χ4v) is 3.13. The molecule has 0 spiro atoms. The van der Waals surface area contributed by atoms with Crippen LogP contribution in [-0.2, 0) is 22.6 Å². The molecule has 0 bridgehead atoms. The zero-order valence-electron chi connectivity index (χ0n) is 9.54. The van der Waals surface area contributed by atoms with E-state index >= 15 is 0 Å². The topological polar surface area (TPSA) is 78.0 Å². The molecule has 17 heavy (non-hydrogen) atoms. The van der Waals surface area contributed by atoms with Gasteiger partial charge in [0.25, 0.3) is 0 Å². The van der Waals surface area contributed by atoms with E-state index in [1.54, 1.807) is 7.05 Å². The van der Waals surface area contributed by atoms with Crippen molar-refractivity contribution in [3.05, 3.63) is 23.2 Å². The first-order valence-electron chi connectivity index (χ1n) is 4.91. The molecular formula is C10H13N3O2S2. The van der Waals surface area contributed by atoms with Gasteiger partial charge in [0, 0.05) is 18.2 Å². The van der Waals surface area contributed by atoms with E-state index in [0.29, 0.717) is 11.5 Å². The predicted octanol–water partition coefficient (Wildman–Crippen LogP) is 1.28. The van der Waals surface area contributed by atoms with Crippen LogP contribution in [0.1, 0.15) is 5.69 Å². The van der Waals surface area contributed by atoms with Crippen LogP contribution in [0.5, 0.6) is 0 Å². The molecule has 7 heteroatoms. The summed E-state index contributed by atoms with van der Waals surface area (Å²) >= 11 is 1.52. The number of anilines is 1. The van der Waals surface area contributed by atoms with Gasteiger partial charge in [0.1, 0.15) is 5.82 Å². The molecule has 5 nitrogen and oxygen atoms in total. The van der Waals surface area contributed by atoms with Gasteiger partial charge in [-0.2, -0.15) is 5.10 Å². The summed E-state index contributed by atoms with van der Waals surface area (Å²) in [4.78, 5) is 0.939. The van der Waals surface area contributed by atoms with Crippen molar-refractivity contribution in [3.63, 3.8) is 0 Å².